The Balaban J connectivity index is 2.22. The van der Waals surface area contributed by atoms with Gasteiger partial charge in [0, 0.05) is 6.92 Å². The zero-order valence-electron chi connectivity index (χ0n) is 8.01. The van der Waals surface area contributed by atoms with Crippen molar-refractivity contribution in [1.29, 1.82) is 0 Å². The van der Waals surface area contributed by atoms with Crippen molar-refractivity contribution >= 4 is 5.91 Å². The van der Waals surface area contributed by atoms with E-state index in [-0.39, 0.29) is 11.9 Å². The van der Waals surface area contributed by atoms with Gasteiger partial charge in [-0.2, -0.15) is 0 Å². The molecule has 1 aliphatic heterocycles. The van der Waals surface area contributed by atoms with E-state index in [9.17, 15) is 4.79 Å². The van der Waals surface area contributed by atoms with Crippen LogP contribution in [-0.4, -0.2) is 17.4 Å². The maximum absolute atomic E-state index is 11.2. The Morgan fingerprint density at radius 2 is 2.14 bits per heavy atom. The Morgan fingerprint density at radius 1 is 1.43 bits per heavy atom. The van der Waals surface area contributed by atoms with Gasteiger partial charge in [-0.05, 0) is 5.56 Å². The zero-order chi connectivity index (χ0) is 9.97. The minimum absolute atomic E-state index is 0.0105. The molecule has 1 atom stereocenters. The third-order valence-electron chi connectivity index (χ3n) is 2.33. The van der Waals surface area contributed by atoms with Gasteiger partial charge in [-0.25, -0.2) is 0 Å². The molecule has 2 rings (SSSR count). The van der Waals surface area contributed by atoms with Gasteiger partial charge in [0.1, 0.15) is 0 Å². The highest BCUT2D eigenvalue weighted by atomic mass is 16.5. The number of nitrogens with zero attached hydrogens (tertiary/aromatic N) is 1. The van der Waals surface area contributed by atoms with E-state index in [2.05, 4.69) is 0 Å². The molecule has 3 nitrogen and oxygen atoms in total. The van der Waals surface area contributed by atoms with Gasteiger partial charge in [-0.15, -0.1) is 0 Å². The number of rotatable bonds is 1. The number of hydrogen-bond donors (Lipinski definition) is 0. The van der Waals surface area contributed by atoms with E-state index < -0.39 is 0 Å². The molecular formula is C11H12NO2. The summed E-state index contributed by atoms with van der Waals surface area (Å²) in [5, 5.41) is 0. The van der Waals surface area contributed by atoms with Crippen molar-refractivity contribution < 1.29 is 9.53 Å². The van der Waals surface area contributed by atoms with Crippen LogP contribution in [0.4, 0.5) is 0 Å². The first-order valence-corrected chi connectivity index (χ1v) is 4.58. The zero-order valence-corrected chi connectivity index (χ0v) is 8.01. The molecule has 1 aromatic carbocycles. The Bertz CT molecular complexity index is 323. The Kier molecular flexibility index (Phi) is 2.50. The average Bonchev–Trinajstić information content (AvgIpc) is 2.67. The predicted octanol–water partition coefficient (Wildman–Crippen LogP) is 1.73. The molecule has 1 amide bonds. The largest absolute Gasteiger partial charge is 0.351 e. The molecule has 1 aliphatic rings. The van der Waals surface area contributed by atoms with Crippen LogP contribution in [0.5, 0.6) is 0 Å². The topological polar surface area (TPSA) is 29.5 Å². The van der Waals surface area contributed by atoms with Crippen molar-refractivity contribution in [2.24, 2.45) is 0 Å². The molecule has 1 saturated heterocycles. The van der Waals surface area contributed by atoms with Gasteiger partial charge in [-0.1, -0.05) is 30.3 Å². The van der Waals surface area contributed by atoms with E-state index in [4.69, 9.17) is 4.74 Å². The standard InChI is InChI=1S/C11H12NO2/c1-9(13)12-8-14-7-11(12)10-5-3-2-4-6-10/h2-6,8,11H,7H2,1H3. The molecule has 3 heteroatoms. The second-order valence-electron chi connectivity index (χ2n) is 3.29. The van der Waals surface area contributed by atoms with Gasteiger partial charge < -0.3 is 9.64 Å². The minimum Gasteiger partial charge on any atom is -0.351 e. The highest BCUT2D eigenvalue weighted by molar-refractivity contribution is 5.74. The molecule has 0 aliphatic carbocycles. The van der Waals surface area contributed by atoms with E-state index >= 15 is 0 Å². The summed E-state index contributed by atoms with van der Waals surface area (Å²) in [5.41, 5.74) is 1.11. The van der Waals surface area contributed by atoms with Crippen molar-refractivity contribution in [3.05, 3.63) is 42.6 Å². The summed E-state index contributed by atoms with van der Waals surface area (Å²) in [6, 6.07) is 9.93. The summed E-state index contributed by atoms with van der Waals surface area (Å²) >= 11 is 0. The smallest absolute Gasteiger partial charge is 0.222 e. The third-order valence-corrected chi connectivity index (χ3v) is 2.33. The quantitative estimate of drug-likeness (QED) is 0.675. The van der Waals surface area contributed by atoms with E-state index in [1.54, 1.807) is 11.8 Å². The van der Waals surface area contributed by atoms with Gasteiger partial charge in [0.2, 0.25) is 5.91 Å². The molecule has 14 heavy (non-hydrogen) atoms. The molecule has 1 heterocycles. The molecule has 0 aromatic heterocycles. The van der Waals surface area contributed by atoms with Crippen LogP contribution in [0.1, 0.15) is 18.5 Å². The van der Waals surface area contributed by atoms with Gasteiger partial charge in [0.05, 0.1) is 12.6 Å². The molecule has 0 N–H and O–H groups in total. The highest BCUT2D eigenvalue weighted by Gasteiger charge is 2.28. The van der Waals surface area contributed by atoms with Crippen LogP contribution in [-0.2, 0) is 9.53 Å². The molecule has 1 unspecified atom stereocenters. The summed E-state index contributed by atoms with van der Waals surface area (Å²) in [6.45, 7) is 3.59. The number of ether oxygens (including phenoxy) is 1. The van der Waals surface area contributed by atoms with Gasteiger partial charge >= 0.3 is 0 Å². The average molecular weight is 190 g/mol. The molecule has 1 radical (unpaired) electrons. The predicted molar refractivity (Wildman–Crippen MR) is 52.0 cm³/mol. The first-order chi connectivity index (χ1) is 6.79. The van der Waals surface area contributed by atoms with Crippen LogP contribution >= 0.6 is 0 Å². The fourth-order valence-corrected chi connectivity index (χ4v) is 1.59. The van der Waals surface area contributed by atoms with Crippen molar-refractivity contribution in [1.82, 2.24) is 4.90 Å². The minimum atomic E-state index is 0.0105. The van der Waals surface area contributed by atoms with Crippen LogP contribution in [0, 0.1) is 6.73 Å². The summed E-state index contributed by atoms with van der Waals surface area (Å²) in [5.74, 6) is 0.0105. The lowest BCUT2D eigenvalue weighted by Gasteiger charge is -2.20. The van der Waals surface area contributed by atoms with Crippen molar-refractivity contribution in [2.75, 3.05) is 6.61 Å². The van der Waals surface area contributed by atoms with Gasteiger partial charge in [0.15, 0.2) is 6.73 Å². The fraction of sp³-hybridized carbons (Fsp3) is 0.273. The Labute approximate surface area is 83.3 Å². The monoisotopic (exact) mass is 190 g/mol. The summed E-state index contributed by atoms with van der Waals surface area (Å²) in [6.07, 6.45) is 0. The van der Waals surface area contributed by atoms with E-state index in [0.717, 1.165) is 5.56 Å². The maximum atomic E-state index is 11.2. The normalized spacial score (nSPS) is 21.2. The number of carbonyl (C=O) groups is 1. The van der Waals surface area contributed by atoms with Crippen LogP contribution in [0.25, 0.3) is 0 Å². The Hall–Kier alpha value is -1.35. The highest BCUT2D eigenvalue weighted by Crippen LogP contribution is 2.27. The molecular weight excluding hydrogens is 178 g/mol. The molecule has 1 fully saturated rings. The lowest BCUT2D eigenvalue weighted by atomic mass is 10.1. The van der Waals surface area contributed by atoms with E-state index in [0.29, 0.717) is 6.61 Å². The first kappa shape index (κ1) is 9.21. The van der Waals surface area contributed by atoms with Crippen molar-refractivity contribution in [3.8, 4) is 0 Å². The molecule has 73 valence electrons. The van der Waals surface area contributed by atoms with Crippen LogP contribution < -0.4 is 0 Å². The van der Waals surface area contributed by atoms with Crippen LogP contribution in [0.3, 0.4) is 0 Å². The third kappa shape index (κ3) is 1.63. The Morgan fingerprint density at radius 3 is 2.79 bits per heavy atom. The number of hydrogen-bond acceptors (Lipinski definition) is 2. The second-order valence-corrected chi connectivity index (χ2v) is 3.29. The lowest BCUT2D eigenvalue weighted by molar-refractivity contribution is -0.128. The van der Waals surface area contributed by atoms with Gasteiger partial charge in [-0.3, -0.25) is 4.79 Å². The SMILES string of the molecule is CC(=O)N1[CH]OCC1c1ccccc1. The molecule has 0 spiro atoms. The molecule has 0 bridgehead atoms. The van der Waals surface area contributed by atoms with E-state index in [1.807, 2.05) is 30.3 Å². The summed E-state index contributed by atoms with van der Waals surface area (Å²) < 4.78 is 5.17. The van der Waals surface area contributed by atoms with E-state index in [1.165, 1.54) is 6.73 Å². The summed E-state index contributed by atoms with van der Waals surface area (Å²) in [7, 11) is 0. The fourth-order valence-electron chi connectivity index (χ4n) is 1.59. The van der Waals surface area contributed by atoms with Crippen molar-refractivity contribution in [2.45, 2.75) is 13.0 Å². The van der Waals surface area contributed by atoms with Crippen LogP contribution in [0.15, 0.2) is 30.3 Å². The second kappa shape index (κ2) is 3.80. The number of amides is 1. The summed E-state index contributed by atoms with van der Waals surface area (Å²) in [4.78, 5) is 12.9. The molecule has 1 aromatic rings. The van der Waals surface area contributed by atoms with Gasteiger partial charge in [0.25, 0.3) is 0 Å². The molecule has 0 saturated carbocycles. The number of benzene rings is 1. The van der Waals surface area contributed by atoms with Crippen molar-refractivity contribution in [3.63, 3.8) is 0 Å². The first-order valence-electron chi connectivity index (χ1n) is 4.58. The maximum Gasteiger partial charge on any atom is 0.222 e. The van der Waals surface area contributed by atoms with Crippen LogP contribution in [0.2, 0.25) is 0 Å². The lowest BCUT2D eigenvalue weighted by Crippen LogP contribution is -2.26. The number of carbonyl (C=O) groups excluding carboxylic acids is 1.